The molecule has 0 aliphatic carbocycles. The van der Waals surface area contributed by atoms with Gasteiger partial charge in [-0.25, -0.2) is 13.1 Å². The lowest BCUT2D eigenvalue weighted by Gasteiger charge is -2.14. The van der Waals surface area contributed by atoms with Crippen LogP contribution >= 0.6 is 12.4 Å². The molecule has 1 heterocycles. The van der Waals surface area contributed by atoms with Gasteiger partial charge in [0.1, 0.15) is 0 Å². The van der Waals surface area contributed by atoms with Gasteiger partial charge in [0.05, 0.1) is 4.90 Å². The number of hydrogen-bond acceptors (Lipinski definition) is 4. The van der Waals surface area contributed by atoms with E-state index in [2.05, 4.69) is 10.0 Å². The highest BCUT2D eigenvalue weighted by Crippen LogP contribution is 2.25. The van der Waals surface area contributed by atoms with Crippen LogP contribution in [0.15, 0.2) is 53.4 Å². The molecule has 2 aromatic carbocycles. The lowest BCUT2D eigenvalue weighted by atomic mass is 10.1. The second-order valence-corrected chi connectivity index (χ2v) is 7.86. The van der Waals surface area contributed by atoms with Crippen LogP contribution in [0.3, 0.4) is 0 Å². The Balaban J connectivity index is 0.00000243. The summed E-state index contributed by atoms with van der Waals surface area (Å²) < 4.78 is 27.7. The summed E-state index contributed by atoms with van der Waals surface area (Å²) in [6.07, 6.45) is 1.82. The van der Waals surface area contributed by atoms with Crippen LogP contribution in [0.1, 0.15) is 30.0 Å². The molecule has 0 aromatic heterocycles. The second-order valence-electron chi connectivity index (χ2n) is 6.09. The Bertz CT molecular complexity index is 873. The number of amides is 1. The number of nitrogens with one attached hydrogen (secondary N) is 2. The number of sulfonamides is 1. The highest BCUT2D eigenvalue weighted by molar-refractivity contribution is 7.89. The number of fused-ring (bicyclic) bond motifs is 1. The molecule has 1 aliphatic rings. The maximum atomic E-state index is 12.5. The molecule has 0 bridgehead atoms. The van der Waals surface area contributed by atoms with Gasteiger partial charge in [0, 0.05) is 24.7 Å². The normalized spacial score (nSPS) is 15.2. The molecule has 0 fully saturated rings. The zero-order valence-corrected chi connectivity index (χ0v) is 15.8. The molecule has 1 atom stereocenters. The van der Waals surface area contributed by atoms with Crippen molar-refractivity contribution in [1.29, 1.82) is 0 Å². The van der Waals surface area contributed by atoms with E-state index in [0.717, 1.165) is 11.1 Å². The third-order valence-electron chi connectivity index (χ3n) is 4.23. The third-order valence-corrected chi connectivity index (χ3v) is 5.65. The molecule has 8 heteroatoms. The molecule has 26 heavy (non-hydrogen) atoms. The molecule has 4 N–H and O–H groups in total. The monoisotopic (exact) mass is 395 g/mol. The molecule has 6 nitrogen and oxygen atoms in total. The van der Waals surface area contributed by atoms with E-state index in [1.54, 1.807) is 12.1 Å². The Morgan fingerprint density at radius 3 is 2.58 bits per heavy atom. The first kappa shape index (κ1) is 20.4. The van der Waals surface area contributed by atoms with Gasteiger partial charge in [-0.05, 0) is 42.2 Å². The van der Waals surface area contributed by atoms with Gasteiger partial charge >= 0.3 is 0 Å². The molecule has 3 rings (SSSR count). The SMILES string of the molecule is Cl.NC(CNS(=O)(=O)c1ccc2c(c1)CCCC(=O)N2)c1ccccc1. The van der Waals surface area contributed by atoms with Gasteiger partial charge in [-0.1, -0.05) is 30.3 Å². The Hall–Kier alpha value is -1.93. The predicted octanol–water partition coefficient (Wildman–Crippen LogP) is 2.36. The minimum absolute atomic E-state index is 0. The maximum absolute atomic E-state index is 12.5. The summed E-state index contributed by atoms with van der Waals surface area (Å²) in [6, 6.07) is 13.7. The fourth-order valence-corrected chi connectivity index (χ4v) is 3.93. The van der Waals surface area contributed by atoms with Crippen molar-refractivity contribution in [2.75, 3.05) is 11.9 Å². The number of carbonyl (C=O) groups excluding carboxylic acids is 1. The van der Waals surface area contributed by atoms with E-state index in [1.165, 1.54) is 6.07 Å². The van der Waals surface area contributed by atoms with E-state index in [4.69, 9.17) is 5.73 Å². The van der Waals surface area contributed by atoms with Crippen LogP contribution in [-0.4, -0.2) is 20.9 Å². The van der Waals surface area contributed by atoms with E-state index < -0.39 is 16.1 Å². The molecular formula is C18H22ClN3O3S. The first-order valence-electron chi connectivity index (χ1n) is 8.19. The van der Waals surface area contributed by atoms with Gasteiger partial charge < -0.3 is 11.1 Å². The van der Waals surface area contributed by atoms with Crippen LogP contribution in [0, 0.1) is 0 Å². The highest BCUT2D eigenvalue weighted by atomic mass is 35.5. The third kappa shape index (κ3) is 4.82. The molecule has 0 saturated carbocycles. The van der Waals surface area contributed by atoms with E-state index >= 15 is 0 Å². The summed E-state index contributed by atoms with van der Waals surface area (Å²) >= 11 is 0. The molecule has 0 saturated heterocycles. The van der Waals surface area contributed by atoms with Crippen molar-refractivity contribution in [2.24, 2.45) is 5.73 Å². The Labute approximate surface area is 159 Å². The molecule has 0 radical (unpaired) electrons. The van der Waals surface area contributed by atoms with Gasteiger partial charge in [-0.3, -0.25) is 4.79 Å². The first-order valence-corrected chi connectivity index (χ1v) is 9.67. The van der Waals surface area contributed by atoms with Gasteiger partial charge in [-0.2, -0.15) is 0 Å². The van der Waals surface area contributed by atoms with Crippen LogP contribution in [0.25, 0.3) is 0 Å². The lowest BCUT2D eigenvalue weighted by molar-refractivity contribution is -0.116. The van der Waals surface area contributed by atoms with Crippen LogP contribution in [0.4, 0.5) is 5.69 Å². The fraction of sp³-hybridized carbons (Fsp3) is 0.278. The molecule has 2 aromatic rings. The fourth-order valence-electron chi connectivity index (χ4n) is 2.82. The molecule has 0 spiro atoms. The van der Waals surface area contributed by atoms with Crippen molar-refractivity contribution in [3.8, 4) is 0 Å². The summed E-state index contributed by atoms with van der Waals surface area (Å²) in [5.41, 5.74) is 8.44. The lowest BCUT2D eigenvalue weighted by Crippen LogP contribution is -2.32. The minimum atomic E-state index is -3.66. The predicted molar refractivity (Wildman–Crippen MR) is 104 cm³/mol. The van der Waals surface area contributed by atoms with Gasteiger partial charge in [0.2, 0.25) is 15.9 Å². The summed E-state index contributed by atoms with van der Waals surface area (Å²) in [7, 11) is -3.66. The zero-order valence-electron chi connectivity index (χ0n) is 14.1. The summed E-state index contributed by atoms with van der Waals surface area (Å²) in [4.78, 5) is 11.8. The van der Waals surface area contributed by atoms with Crippen LogP contribution < -0.4 is 15.8 Å². The van der Waals surface area contributed by atoms with Crippen molar-refractivity contribution < 1.29 is 13.2 Å². The number of rotatable bonds is 5. The minimum Gasteiger partial charge on any atom is -0.326 e. The van der Waals surface area contributed by atoms with Gasteiger partial charge in [0.15, 0.2) is 0 Å². The highest BCUT2D eigenvalue weighted by Gasteiger charge is 2.19. The Morgan fingerprint density at radius 1 is 1.12 bits per heavy atom. The number of carbonyl (C=O) groups is 1. The van der Waals surface area contributed by atoms with Crippen LogP contribution in [-0.2, 0) is 21.2 Å². The molecular weight excluding hydrogens is 374 g/mol. The molecule has 1 unspecified atom stereocenters. The average Bonchev–Trinajstić information content (AvgIpc) is 2.80. The number of benzene rings is 2. The Kier molecular flexibility index (Phi) is 6.77. The molecule has 1 aliphatic heterocycles. The van der Waals surface area contributed by atoms with Gasteiger partial charge in [0.25, 0.3) is 0 Å². The van der Waals surface area contributed by atoms with E-state index in [9.17, 15) is 13.2 Å². The average molecular weight is 396 g/mol. The Morgan fingerprint density at radius 2 is 1.85 bits per heavy atom. The van der Waals surface area contributed by atoms with E-state index in [-0.39, 0.29) is 29.8 Å². The number of hydrogen-bond donors (Lipinski definition) is 3. The topological polar surface area (TPSA) is 101 Å². The zero-order chi connectivity index (χ0) is 17.9. The number of nitrogens with two attached hydrogens (primary N) is 1. The summed E-state index contributed by atoms with van der Waals surface area (Å²) in [5, 5.41) is 2.80. The standard InChI is InChI=1S/C18H21N3O3S.ClH/c19-16(13-5-2-1-3-6-13)12-20-25(23,24)15-9-10-17-14(11-15)7-4-8-18(22)21-17;/h1-3,5-6,9-11,16,20H,4,7-8,12,19H2,(H,21,22);1H. The van der Waals surface area contributed by atoms with Crippen LogP contribution in [0.2, 0.25) is 0 Å². The van der Waals surface area contributed by atoms with Crippen molar-refractivity contribution in [3.05, 3.63) is 59.7 Å². The van der Waals surface area contributed by atoms with Crippen molar-refractivity contribution in [2.45, 2.75) is 30.2 Å². The van der Waals surface area contributed by atoms with Gasteiger partial charge in [-0.15, -0.1) is 12.4 Å². The summed E-state index contributed by atoms with van der Waals surface area (Å²) in [6.45, 7) is 0.111. The quantitative estimate of drug-likeness (QED) is 0.723. The maximum Gasteiger partial charge on any atom is 0.240 e. The first-order chi connectivity index (χ1) is 12.0. The van der Waals surface area contributed by atoms with E-state index in [1.807, 2.05) is 30.3 Å². The largest absolute Gasteiger partial charge is 0.326 e. The molecule has 140 valence electrons. The number of aryl methyl sites for hydroxylation is 1. The molecule has 1 amide bonds. The second kappa shape index (κ2) is 8.64. The summed E-state index contributed by atoms with van der Waals surface area (Å²) in [5.74, 6) is -0.0404. The van der Waals surface area contributed by atoms with Crippen molar-refractivity contribution >= 4 is 34.0 Å². The van der Waals surface area contributed by atoms with Crippen molar-refractivity contribution in [1.82, 2.24) is 4.72 Å². The van der Waals surface area contributed by atoms with Crippen LogP contribution in [0.5, 0.6) is 0 Å². The smallest absolute Gasteiger partial charge is 0.240 e. The van der Waals surface area contributed by atoms with E-state index in [0.29, 0.717) is 24.9 Å². The van der Waals surface area contributed by atoms with Crippen molar-refractivity contribution in [3.63, 3.8) is 0 Å². The number of halogens is 1. The number of anilines is 1.